The molecule has 10 nitrogen and oxygen atoms in total. The molecule has 1 unspecified atom stereocenters. The summed E-state index contributed by atoms with van der Waals surface area (Å²) >= 11 is 0. The van der Waals surface area contributed by atoms with Crippen molar-refractivity contribution in [3.63, 3.8) is 0 Å². The molecule has 2 saturated heterocycles. The number of likely N-dealkylation sites (N-methyl/N-ethyl adjacent to an activating group) is 1. The zero-order valence-electron chi connectivity index (χ0n) is 27.9. The lowest BCUT2D eigenvalue weighted by Gasteiger charge is -2.40. The zero-order chi connectivity index (χ0) is 33.7. The van der Waals surface area contributed by atoms with Gasteiger partial charge in [-0.15, -0.1) is 0 Å². The van der Waals surface area contributed by atoms with Gasteiger partial charge in [0.25, 0.3) is 0 Å². The predicted octanol–water partition coefficient (Wildman–Crippen LogP) is 5.94. The number of hydrogen-bond donors (Lipinski definition) is 0. The molecule has 1 aromatic heterocycles. The second-order valence-corrected chi connectivity index (χ2v) is 12.9. The highest BCUT2D eigenvalue weighted by Crippen LogP contribution is 2.35. The number of piperazine rings is 1. The van der Waals surface area contributed by atoms with E-state index < -0.39 is 6.09 Å². The molecule has 2 fully saturated rings. The Morgan fingerprint density at radius 3 is 2.59 bits per heavy atom. The largest absolute Gasteiger partial charge is 0.462 e. The molecule has 0 radical (unpaired) electrons. The van der Waals surface area contributed by atoms with E-state index in [0.717, 1.165) is 59.6 Å². The molecule has 49 heavy (non-hydrogen) atoms. The fraction of sp³-hybridized carbons (Fsp3) is 0.421. The van der Waals surface area contributed by atoms with Crippen LogP contribution in [0.15, 0.2) is 66.7 Å². The molecule has 3 aliphatic heterocycles. The smallest absolute Gasteiger partial charge is 0.410 e. The van der Waals surface area contributed by atoms with E-state index in [-0.39, 0.29) is 25.0 Å². The van der Waals surface area contributed by atoms with Gasteiger partial charge in [0.15, 0.2) is 0 Å². The van der Waals surface area contributed by atoms with Crippen molar-refractivity contribution in [2.45, 2.75) is 51.4 Å². The van der Waals surface area contributed by atoms with Crippen LogP contribution in [0.4, 0.5) is 20.7 Å². The Morgan fingerprint density at radius 1 is 0.959 bits per heavy atom. The van der Waals surface area contributed by atoms with Gasteiger partial charge in [-0.1, -0.05) is 61.5 Å². The number of carbonyl (C=O) groups excluding carboxylic acids is 1. The molecule has 0 aliphatic carbocycles. The molecular weight excluding hydrogens is 621 g/mol. The van der Waals surface area contributed by atoms with Gasteiger partial charge in [-0.25, -0.2) is 15.8 Å². The second kappa shape index (κ2) is 14.7. The Balaban J connectivity index is 1.16. The number of nitrogens with zero attached hydrogens (tertiary/aromatic N) is 7. The lowest BCUT2D eigenvalue weighted by molar-refractivity contribution is 0.0788. The average molecular weight is 664 g/mol. The first-order valence-corrected chi connectivity index (χ1v) is 17.3. The molecule has 0 bridgehead atoms. The maximum atomic E-state index is 14.7. The van der Waals surface area contributed by atoms with Crippen LogP contribution in [0.25, 0.3) is 15.6 Å². The van der Waals surface area contributed by atoms with Crippen molar-refractivity contribution in [2.75, 3.05) is 62.2 Å². The summed E-state index contributed by atoms with van der Waals surface area (Å²) in [6, 6.07) is 20.9. The zero-order valence-corrected chi connectivity index (χ0v) is 27.9. The summed E-state index contributed by atoms with van der Waals surface area (Å²) < 4.78 is 26.8. The van der Waals surface area contributed by atoms with Gasteiger partial charge in [-0.3, -0.25) is 9.80 Å². The van der Waals surface area contributed by atoms with Crippen molar-refractivity contribution in [3.05, 3.63) is 101 Å². The first-order valence-electron chi connectivity index (χ1n) is 17.3. The van der Waals surface area contributed by atoms with Crippen molar-refractivity contribution in [3.8, 4) is 6.01 Å². The molecule has 11 heteroatoms. The average Bonchev–Trinajstić information content (AvgIpc) is 3.61. The number of anilines is 2. The molecule has 3 aliphatic rings. The van der Waals surface area contributed by atoms with E-state index in [4.69, 9.17) is 26.0 Å². The van der Waals surface area contributed by atoms with Crippen LogP contribution in [0.1, 0.15) is 36.6 Å². The Bertz CT molecular complexity index is 1830. The molecule has 4 aromatic rings. The molecule has 4 heterocycles. The number of benzene rings is 3. The van der Waals surface area contributed by atoms with Crippen LogP contribution in [0.2, 0.25) is 0 Å². The van der Waals surface area contributed by atoms with Crippen LogP contribution >= 0.6 is 0 Å². The minimum atomic E-state index is -0.412. The van der Waals surface area contributed by atoms with Crippen molar-refractivity contribution in [1.29, 1.82) is 0 Å². The first kappa shape index (κ1) is 32.6. The first-order chi connectivity index (χ1) is 24.0. The summed E-state index contributed by atoms with van der Waals surface area (Å²) in [5, 5.41) is 1.47. The minimum Gasteiger partial charge on any atom is -0.462 e. The maximum Gasteiger partial charge on any atom is 0.410 e. The predicted molar refractivity (Wildman–Crippen MR) is 187 cm³/mol. The van der Waals surface area contributed by atoms with Crippen LogP contribution in [0, 0.1) is 12.4 Å². The third kappa shape index (κ3) is 6.97. The van der Waals surface area contributed by atoms with Crippen molar-refractivity contribution < 1.29 is 18.7 Å². The van der Waals surface area contributed by atoms with Crippen LogP contribution in [-0.2, 0) is 24.3 Å². The van der Waals surface area contributed by atoms with Crippen LogP contribution in [0.3, 0.4) is 0 Å². The van der Waals surface area contributed by atoms with E-state index in [2.05, 4.69) is 26.5 Å². The normalized spacial score (nSPS) is 19.5. The molecule has 0 saturated carbocycles. The quantitative estimate of drug-likeness (QED) is 0.204. The number of rotatable bonds is 9. The SMILES string of the molecule is [C-]#[N+]CC1CN(c2nc(OC[C@@H]3CCCN3CC)nc3c2CCN(c2ccc(F)c4ccccc24)C3)CCN1C(=O)OCc1ccccc1. The Hall–Kier alpha value is -4.95. The lowest BCUT2D eigenvalue weighted by Crippen LogP contribution is -2.57. The maximum absolute atomic E-state index is 14.7. The summed E-state index contributed by atoms with van der Waals surface area (Å²) in [4.78, 5) is 35.5. The monoisotopic (exact) mass is 663 g/mol. The highest BCUT2D eigenvalue weighted by atomic mass is 19.1. The standard InChI is InChI=1S/C38H42FN7O3/c1-3-43-18-9-12-28(43)26-48-37-41-34-24-44(35-16-15-33(39)30-13-7-8-14-31(30)35)19-17-32(34)36(42-37)45-20-21-46(29(23-45)22-40-2)38(47)49-25-27-10-5-4-6-11-27/h4-8,10-11,13-16,28-29H,3,9,12,17-26H2,1H3/t28-,29?/m0/s1. The highest BCUT2D eigenvalue weighted by molar-refractivity contribution is 5.94. The van der Waals surface area contributed by atoms with Crippen molar-refractivity contribution in [1.82, 2.24) is 19.8 Å². The minimum absolute atomic E-state index is 0.160. The second-order valence-electron chi connectivity index (χ2n) is 12.9. The van der Waals surface area contributed by atoms with Crippen LogP contribution in [-0.4, -0.2) is 90.4 Å². The summed E-state index contributed by atoms with van der Waals surface area (Å²) in [5.74, 6) is 0.566. The topological polar surface area (TPSA) is 78.6 Å². The van der Waals surface area contributed by atoms with E-state index >= 15 is 0 Å². The van der Waals surface area contributed by atoms with E-state index in [1.54, 1.807) is 4.90 Å². The third-order valence-electron chi connectivity index (χ3n) is 10.0. The molecule has 3 aromatic carbocycles. The Kier molecular flexibility index (Phi) is 9.75. The number of halogens is 1. The van der Waals surface area contributed by atoms with Crippen molar-refractivity contribution >= 4 is 28.4 Å². The molecule has 0 N–H and O–H groups in total. The van der Waals surface area contributed by atoms with E-state index in [1.165, 1.54) is 6.07 Å². The number of amides is 1. The number of hydrogen-bond acceptors (Lipinski definition) is 8. The molecule has 2 atom stereocenters. The number of aromatic nitrogens is 2. The van der Waals surface area contributed by atoms with Gasteiger partial charge >= 0.3 is 12.1 Å². The van der Waals surface area contributed by atoms with Crippen LogP contribution < -0.4 is 14.5 Å². The summed E-state index contributed by atoms with van der Waals surface area (Å²) in [5.41, 5.74) is 3.81. The van der Waals surface area contributed by atoms with Gasteiger partial charge < -0.3 is 24.1 Å². The van der Waals surface area contributed by atoms with Gasteiger partial charge in [0.2, 0.25) is 6.54 Å². The third-order valence-corrected chi connectivity index (χ3v) is 10.0. The van der Waals surface area contributed by atoms with Crippen LogP contribution in [0.5, 0.6) is 6.01 Å². The molecular formula is C38H42FN7O3. The lowest BCUT2D eigenvalue weighted by atomic mass is 10.0. The van der Waals surface area contributed by atoms with Crippen molar-refractivity contribution in [2.24, 2.45) is 0 Å². The highest BCUT2D eigenvalue weighted by Gasteiger charge is 2.36. The molecule has 7 rings (SSSR count). The summed E-state index contributed by atoms with van der Waals surface area (Å²) in [6.07, 6.45) is 2.51. The summed E-state index contributed by atoms with van der Waals surface area (Å²) in [7, 11) is 0. The molecule has 0 spiro atoms. The summed E-state index contributed by atoms with van der Waals surface area (Å²) in [6.45, 7) is 15.4. The fourth-order valence-corrected chi connectivity index (χ4v) is 7.47. The molecule has 1 amide bonds. The molecule has 254 valence electrons. The van der Waals surface area contributed by atoms with Gasteiger partial charge in [-0.2, -0.15) is 9.97 Å². The number of carbonyl (C=O) groups is 1. The van der Waals surface area contributed by atoms with Gasteiger partial charge in [-0.05, 0) is 50.0 Å². The van der Waals surface area contributed by atoms with E-state index in [1.807, 2.05) is 60.7 Å². The number of likely N-dealkylation sites (tertiary alicyclic amines) is 1. The van der Waals surface area contributed by atoms with Gasteiger partial charge in [0.05, 0.1) is 12.2 Å². The Labute approximate surface area is 286 Å². The number of ether oxygens (including phenoxy) is 2. The van der Waals surface area contributed by atoms with E-state index in [9.17, 15) is 9.18 Å². The van der Waals surface area contributed by atoms with Gasteiger partial charge in [0.1, 0.15) is 30.9 Å². The Morgan fingerprint density at radius 2 is 1.78 bits per heavy atom. The van der Waals surface area contributed by atoms with E-state index in [0.29, 0.717) is 63.2 Å². The number of fused-ring (bicyclic) bond motifs is 2. The van der Waals surface area contributed by atoms with Gasteiger partial charge in [0, 0.05) is 54.2 Å². The fourth-order valence-electron chi connectivity index (χ4n) is 7.47.